The summed E-state index contributed by atoms with van der Waals surface area (Å²) in [6.45, 7) is 3.37. The highest BCUT2D eigenvalue weighted by Crippen LogP contribution is 2.33. The molecule has 1 unspecified atom stereocenters. The molecule has 1 aromatic rings. The second-order valence-corrected chi connectivity index (χ2v) is 6.08. The first-order valence-electron chi connectivity index (χ1n) is 5.88. The van der Waals surface area contributed by atoms with Gasteiger partial charge in [-0.2, -0.15) is 0 Å². The Kier molecular flexibility index (Phi) is 4.27. The van der Waals surface area contributed by atoms with Crippen LogP contribution in [0.1, 0.15) is 26.2 Å². The summed E-state index contributed by atoms with van der Waals surface area (Å²) in [5, 5.41) is 11.2. The van der Waals surface area contributed by atoms with E-state index in [1.54, 1.807) is 6.07 Å². The summed E-state index contributed by atoms with van der Waals surface area (Å²) >= 11 is 17.9. The summed E-state index contributed by atoms with van der Waals surface area (Å²) in [4.78, 5) is 6.28. The van der Waals surface area contributed by atoms with Crippen LogP contribution in [0, 0.1) is 0 Å². The smallest absolute Gasteiger partial charge is 0.150 e. The molecule has 18 heavy (non-hydrogen) atoms. The van der Waals surface area contributed by atoms with E-state index in [-0.39, 0.29) is 5.15 Å². The maximum absolute atomic E-state index is 10.1. The fraction of sp³-hybridized carbons (Fsp3) is 0.583. The highest BCUT2D eigenvalue weighted by atomic mass is 35.5. The molecule has 100 valence electrons. The molecule has 6 heteroatoms. The molecule has 1 fully saturated rings. The molecule has 3 nitrogen and oxygen atoms in total. The SMILES string of the molecule is CC1(O)CCCN(c2nc(Cl)c(Cl)cc2Cl)CC1. The van der Waals surface area contributed by atoms with E-state index < -0.39 is 5.60 Å². The van der Waals surface area contributed by atoms with Gasteiger partial charge < -0.3 is 10.0 Å². The van der Waals surface area contributed by atoms with E-state index in [2.05, 4.69) is 4.98 Å². The van der Waals surface area contributed by atoms with Gasteiger partial charge in [0, 0.05) is 13.1 Å². The molecule has 0 amide bonds. The fourth-order valence-corrected chi connectivity index (χ4v) is 2.74. The molecule has 2 rings (SSSR count). The van der Waals surface area contributed by atoms with Crippen LogP contribution in [0.4, 0.5) is 5.82 Å². The predicted molar refractivity (Wildman–Crippen MR) is 76.0 cm³/mol. The zero-order valence-corrected chi connectivity index (χ0v) is 12.4. The van der Waals surface area contributed by atoms with Crippen molar-refractivity contribution in [3.05, 3.63) is 21.3 Å². The fourth-order valence-electron chi connectivity index (χ4n) is 2.13. The van der Waals surface area contributed by atoms with Crippen molar-refractivity contribution in [2.24, 2.45) is 0 Å². The molecule has 1 aliphatic rings. The van der Waals surface area contributed by atoms with Gasteiger partial charge in [-0.05, 0) is 32.3 Å². The van der Waals surface area contributed by atoms with Crippen molar-refractivity contribution in [1.82, 2.24) is 4.98 Å². The number of rotatable bonds is 1. The molecule has 0 saturated carbocycles. The minimum absolute atomic E-state index is 0.257. The molecule has 0 radical (unpaired) electrons. The second-order valence-electron chi connectivity index (χ2n) is 4.90. The Balaban J connectivity index is 2.24. The van der Waals surface area contributed by atoms with Crippen molar-refractivity contribution in [2.45, 2.75) is 31.8 Å². The van der Waals surface area contributed by atoms with Crippen molar-refractivity contribution in [3.8, 4) is 0 Å². The number of halogens is 3. The van der Waals surface area contributed by atoms with Crippen molar-refractivity contribution in [1.29, 1.82) is 0 Å². The van der Waals surface area contributed by atoms with Crippen LogP contribution in [0.25, 0.3) is 0 Å². The molecule has 1 atom stereocenters. The number of aromatic nitrogens is 1. The van der Waals surface area contributed by atoms with Gasteiger partial charge in [0.15, 0.2) is 0 Å². The first kappa shape index (κ1) is 14.2. The van der Waals surface area contributed by atoms with Crippen molar-refractivity contribution in [2.75, 3.05) is 18.0 Å². The third kappa shape index (κ3) is 3.21. The molecule has 1 saturated heterocycles. The van der Waals surface area contributed by atoms with Crippen LogP contribution in [-0.4, -0.2) is 28.8 Å². The summed E-state index contributed by atoms with van der Waals surface area (Å²) < 4.78 is 0. The van der Waals surface area contributed by atoms with E-state index in [1.807, 2.05) is 11.8 Å². The van der Waals surface area contributed by atoms with E-state index in [4.69, 9.17) is 34.8 Å². The second kappa shape index (κ2) is 5.41. The largest absolute Gasteiger partial charge is 0.390 e. The van der Waals surface area contributed by atoms with Crippen LogP contribution < -0.4 is 4.90 Å². The summed E-state index contributed by atoms with van der Waals surface area (Å²) in [5.74, 6) is 0.642. The van der Waals surface area contributed by atoms with Gasteiger partial charge >= 0.3 is 0 Å². The zero-order chi connectivity index (χ0) is 13.3. The number of pyridine rings is 1. The average Bonchev–Trinajstić information content (AvgIpc) is 2.45. The van der Waals surface area contributed by atoms with Gasteiger partial charge in [-0.25, -0.2) is 4.98 Å². The normalized spacial score (nSPS) is 25.1. The number of hydrogen-bond donors (Lipinski definition) is 1. The molecular formula is C12H15Cl3N2O. The van der Waals surface area contributed by atoms with Gasteiger partial charge in [-0.1, -0.05) is 34.8 Å². The quantitative estimate of drug-likeness (QED) is 0.802. The average molecular weight is 310 g/mol. The lowest BCUT2D eigenvalue weighted by molar-refractivity contribution is 0.0481. The lowest BCUT2D eigenvalue weighted by atomic mass is 9.98. The Hall–Kier alpha value is -0.220. The minimum Gasteiger partial charge on any atom is -0.390 e. The van der Waals surface area contributed by atoms with Gasteiger partial charge in [-0.15, -0.1) is 0 Å². The van der Waals surface area contributed by atoms with Gasteiger partial charge in [0.25, 0.3) is 0 Å². The highest BCUT2D eigenvalue weighted by molar-refractivity contribution is 6.42. The van der Waals surface area contributed by atoms with E-state index in [9.17, 15) is 5.11 Å². The van der Waals surface area contributed by atoms with Crippen LogP contribution in [0.3, 0.4) is 0 Å². The van der Waals surface area contributed by atoms with Crippen LogP contribution >= 0.6 is 34.8 Å². The lowest BCUT2D eigenvalue weighted by Crippen LogP contribution is -2.29. The molecule has 1 aromatic heterocycles. The third-order valence-electron chi connectivity index (χ3n) is 3.23. The molecule has 0 bridgehead atoms. The van der Waals surface area contributed by atoms with Gasteiger partial charge in [0.05, 0.1) is 15.6 Å². The Morgan fingerprint density at radius 3 is 2.67 bits per heavy atom. The predicted octanol–water partition coefficient (Wildman–Crippen LogP) is 3.78. The summed E-state index contributed by atoms with van der Waals surface area (Å²) in [6.07, 6.45) is 2.36. The van der Waals surface area contributed by atoms with Crippen molar-refractivity contribution in [3.63, 3.8) is 0 Å². The number of anilines is 1. The molecule has 0 aromatic carbocycles. The van der Waals surface area contributed by atoms with Crippen LogP contribution in [0.15, 0.2) is 6.07 Å². The Morgan fingerprint density at radius 1 is 1.22 bits per heavy atom. The first-order valence-corrected chi connectivity index (χ1v) is 7.01. The van der Waals surface area contributed by atoms with Crippen molar-refractivity contribution < 1.29 is 5.11 Å². The monoisotopic (exact) mass is 308 g/mol. The van der Waals surface area contributed by atoms with E-state index in [0.29, 0.717) is 28.8 Å². The van der Waals surface area contributed by atoms with E-state index in [1.165, 1.54) is 0 Å². The molecular weight excluding hydrogens is 295 g/mol. The standard InChI is InChI=1S/C12H15Cl3N2O/c1-12(18)3-2-5-17(6-4-12)11-9(14)7-8(13)10(15)16-11/h7,18H,2-6H2,1H3. The van der Waals surface area contributed by atoms with Crippen LogP contribution in [0.2, 0.25) is 15.2 Å². The molecule has 0 aliphatic carbocycles. The van der Waals surface area contributed by atoms with Gasteiger partial charge in [-0.3, -0.25) is 0 Å². The molecule has 2 heterocycles. The Labute approximate surface area is 122 Å². The summed E-state index contributed by atoms with van der Waals surface area (Å²) in [6, 6.07) is 1.61. The topological polar surface area (TPSA) is 36.4 Å². The number of hydrogen-bond acceptors (Lipinski definition) is 3. The number of nitrogens with zero attached hydrogens (tertiary/aromatic N) is 2. The summed E-state index contributed by atoms with van der Waals surface area (Å²) in [5.41, 5.74) is -0.614. The Bertz CT molecular complexity index is 451. The first-order chi connectivity index (χ1) is 8.39. The van der Waals surface area contributed by atoms with Gasteiger partial charge in [0.2, 0.25) is 0 Å². The zero-order valence-electron chi connectivity index (χ0n) is 10.1. The molecule has 1 aliphatic heterocycles. The van der Waals surface area contributed by atoms with Crippen LogP contribution in [-0.2, 0) is 0 Å². The maximum Gasteiger partial charge on any atom is 0.150 e. The lowest BCUT2D eigenvalue weighted by Gasteiger charge is -2.24. The van der Waals surface area contributed by atoms with Gasteiger partial charge in [0.1, 0.15) is 11.0 Å². The summed E-state index contributed by atoms with van der Waals surface area (Å²) in [7, 11) is 0. The maximum atomic E-state index is 10.1. The number of aliphatic hydroxyl groups is 1. The van der Waals surface area contributed by atoms with E-state index >= 15 is 0 Å². The highest BCUT2D eigenvalue weighted by Gasteiger charge is 2.26. The third-order valence-corrected chi connectivity index (χ3v) is 4.18. The Morgan fingerprint density at radius 2 is 1.94 bits per heavy atom. The van der Waals surface area contributed by atoms with Crippen molar-refractivity contribution >= 4 is 40.6 Å². The molecule has 0 spiro atoms. The minimum atomic E-state index is -0.614. The molecule has 1 N–H and O–H groups in total. The van der Waals surface area contributed by atoms with Crippen LogP contribution in [0.5, 0.6) is 0 Å². The van der Waals surface area contributed by atoms with E-state index in [0.717, 1.165) is 19.4 Å².